The summed E-state index contributed by atoms with van der Waals surface area (Å²) in [5.41, 5.74) is 6.23. The number of hydrogen-bond acceptors (Lipinski definition) is 6. The topological polar surface area (TPSA) is 75.2 Å². The molecule has 7 heteroatoms. The number of methoxy groups -OCH3 is 2. The maximum absolute atomic E-state index is 12.2. The van der Waals surface area contributed by atoms with E-state index in [9.17, 15) is 4.79 Å². The van der Waals surface area contributed by atoms with E-state index in [4.69, 9.17) is 9.47 Å². The molecule has 31 heavy (non-hydrogen) atoms. The predicted molar refractivity (Wildman–Crippen MR) is 124 cm³/mol. The second-order valence-electron chi connectivity index (χ2n) is 7.65. The minimum atomic E-state index is -0.229. The minimum absolute atomic E-state index is 0.0972. The summed E-state index contributed by atoms with van der Waals surface area (Å²) in [5.74, 6) is 1.34. The van der Waals surface area contributed by atoms with E-state index in [0.29, 0.717) is 5.75 Å². The molecule has 0 aliphatic carbocycles. The van der Waals surface area contributed by atoms with Crippen LogP contribution in [0.15, 0.2) is 47.6 Å². The van der Waals surface area contributed by atoms with E-state index in [1.165, 1.54) is 19.3 Å². The third-order valence-electron chi connectivity index (χ3n) is 5.44. The highest BCUT2D eigenvalue weighted by Crippen LogP contribution is 2.24. The maximum atomic E-state index is 12.2. The number of piperidine rings is 1. The Morgan fingerprint density at radius 2 is 1.77 bits per heavy atom. The summed E-state index contributed by atoms with van der Waals surface area (Å²) in [4.78, 5) is 14.7. The first-order valence-corrected chi connectivity index (χ1v) is 10.7. The highest BCUT2D eigenvalue weighted by atomic mass is 16.5. The van der Waals surface area contributed by atoms with Crippen LogP contribution in [0.5, 0.6) is 11.5 Å². The average molecular weight is 425 g/mol. The quantitative estimate of drug-likeness (QED) is 0.475. The number of para-hydroxylation sites is 2. The highest BCUT2D eigenvalue weighted by Gasteiger charge is 2.14. The van der Waals surface area contributed by atoms with Gasteiger partial charge in [0.15, 0.2) is 0 Å². The summed E-state index contributed by atoms with van der Waals surface area (Å²) >= 11 is 0. The van der Waals surface area contributed by atoms with Crippen LogP contribution in [0.2, 0.25) is 0 Å². The van der Waals surface area contributed by atoms with Crippen LogP contribution in [-0.4, -0.2) is 50.4 Å². The van der Waals surface area contributed by atoms with E-state index in [0.717, 1.165) is 47.9 Å². The standard InChI is InChI=1S/C24H32N4O3/c1-18(26-27-24(29)16-25-21-9-5-6-10-23(21)31-3)19-11-12-22(30-2)20(15-19)17-28-13-7-4-8-14-28/h5-6,9-12,15,25H,4,7-8,13-14,16-17H2,1-3H3,(H,27,29)/b26-18-. The normalized spacial score (nSPS) is 14.7. The summed E-state index contributed by atoms with van der Waals surface area (Å²) in [5, 5.41) is 7.35. The Bertz CT molecular complexity index is 907. The number of rotatable bonds is 9. The van der Waals surface area contributed by atoms with Crippen molar-refractivity contribution < 1.29 is 14.3 Å². The number of hydrogen-bond donors (Lipinski definition) is 2. The van der Waals surface area contributed by atoms with E-state index in [2.05, 4.69) is 26.8 Å². The molecule has 1 aliphatic heterocycles. The van der Waals surface area contributed by atoms with Gasteiger partial charge in [-0.05, 0) is 68.8 Å². The van der Waals surface area contributed by atoms with Gasteiger partial charge in [0.25, 0.3) is 5.91 Å². The number of nitrogens with one attached hydrogen (secondary N) is 2. The predicted octanol–water partition coefficient (Wildman–Crippen LogP) is 3.64. The van der Waals surface area contributed by atoms with Crippen LogP contribution >= 0.6 is 0 Å². The largest absolute Gasteiger partial charge is 0.496 e. The van der Waals surface area contributed by atoms with Crippen molar-refractivity contribution in [1.29, 1.82) is 0 Å². The number of carbonyl (C=O) groups is 1. The Morgan fingerprint density at radius 3 is 2.52 bits per heavy atom. The molecule has 0 bridgehead atoms. The van der Waals surface area contributed by atoms with Crippen molar-refractivity contribution >= 4 is 17.3 Å². The van der Waals surface area contributed by atoms with E-state index < -0.39 is 0 Å². The fraction of sp³-hybridized carbons (Fsp3) is 0.417. The van der Waals surface area contributed by atoms with Crippen LogP contribution < -0.4 is 20.2 Å². The molecule has 0 spiro atoms. The van der Waals surface area contributed by atoms with Crippen molar-refractivity contribution in [2.75, 3.05) is 39.2 Å². The van der Waals surface area contributed by atoms with Crippen molar-refractivity contribution in [3.05, 3.63) is 53.6 Å². The molecule has 2 aromatic carbocycles. The van der Waals surface area contributed by atoms with Gasteiger partial charge in [-0.2, -0.15) is 5.10 Å². The van der Waals surface area contributed by atoms with Crippen molar-refractivity contribution in [3.63, 3.8) is 0 Å². The molecule has 3 rings (SSSR count). The van der Waals surface area contributed by atoms with E-state index in [1.54, 1.807) is 14.2 Å². The molecule has 7 nitrogen and oxygen atoms in total. The van der Waals surface area contributed by atoms with Gasteiger partial charge in [-0.1, -0.05) is 18.6 Å². The lowest BCUT2D eigenvalue weighted by Gasteiger charge is -2.27. The first kappa shape index (κ1) is 22.6. The Balaban J connectivity index is 1.61. The van der Waals surface area contributed by atoms with Crippen LogP contribution in [0.1, 0.15) is 37.3 Å². The minimum Gasteiger partial charge on any atom is -0.496 e. The monoisotopic (exact) mass is 424 g/mol. The lowest BCUT2D eigenvalue weighted by Crippen LogP contribution is -2.29. The third kappa shape index (κ3) is 6.46. The highest BCUT2D eigenvalue weighted by molar-refractivity contribution is 5.99. The molecule has 1 heterocycles. The van der Waals surface area contributed by atoms with Gasteiger partial charge < -0.3 is 14.8 Å². The Labute approximate surface area is 184 Å². The van der Waals surface area contributed by atoms with Crippen LogP contribution in [0.25, 0.3) is 0 Å². The zero-order chi connectivity index (χ0) is 22.1. The van der Waals surface area contributed by atoms with Gasteiger partial charge in [-0.3, -0.25) is 9.69 Å². The molecule has 2 aromatic rings. The first-order chi connectivity index (χ1) is 15.1. The number of hydrazone groups is 1. The number of likely N-dealkylation sites (tertiary alicyclic amines) is 1. The molecule has 0 radical (unpaired) electrons. The third-order valence-corrected chi connectivity index (χ3v) is 5.44. The molecule has 2 N–H and O–H groups in total. The van der Waals surface area contributed by atoms with E-state index in [1.807, 2.05) is 43.3 Å². The zero-order valence-electron chi connectivity index (χ0n) is 18.6. The number of ether oxygens (including phenoxy) is 2. The van der Waals surface area contributed by atoms with E-state index in [-0.39, 0.29) is 12.5 Å². The summed E-state index contributed by atoms with van der Waals surface area (Å²) in [6, 6.07) is 13.5. The van der Waals surface area contributed by atoms with Gasteiger partial charge in [-0.25, -0.2) is 5.43 Å². The molecule has 0 saturated carbocycles. The summed E-state index contributed by atoms with van der Waals surface area (Å²) in [7, 11) is 3.30. The van der Waals surface area contributed by atoms with Gasteiger partial charge in [0, 0.05) is 12.1 Å². The molecule has 166 valence electrons. The number of nitrogens with zero attached hydrogens (tertiary/aromatic N) is 2. The second kappa shape index (κ2) is 11.4. The van der Waals surface area contributed by atoms with Crippen molar-refractivity contribution in [2.24, 2.45) is 5.10 Å². The maximum Gasteiger partial charge on any atom is 0.259 e. The van der Waals surface area contributed by atoms with Crippen molar-refractivity contribution in [3.8, 4) is 11.5 Å². The molecule has 0 unspecified atom stereocenters. The number of benzene rings is 2. The van der Waals surface area contributed by atoms with Crippen LogP contribution in [0, 0.1) is 0 Å². The first-order valence-electron chi connectivity index (χ1n) is 10.7. The lowest BCUT2D eigenvalue weighted by atomic mass is 10.0. The average Bonchev–Trinajstić information content (AvgIpc) is 2.82. The molecular weight excluding hydrogens is 392 g/mol. The molecule has 0 atom stereocenters. The van der Waals surface area contributed by atoms with Crippen LogP contribution in [-0.2, 0) is 11.3 Å². The molecule has 1 amide bonds. The lowest BCUT2D eigenvalue weighted by molar-refractivity contribution is -0.119. The molecular formula is C24H32N4O3. The Kier molecular flexibility index (Phi) is 8.29. The Morgan fingerprint density at radius 1 is 1.03 bits per heavy atom. The second-order valence-corrected chi connectivity index (χ2v) is 7.65. The summed E-state index contributed by atoms with van der Waals surface area (Å²) in [6.45, 7) is 5.09. The molecule has 1 aliphatic rings. The Hall–Kier alpha value is -3.06. The van der Waals surface area contributed by atoms with Crippen LogP contribution in [0.3, 0.4) is 0 Å². The van der Waals surface area contributed by atoms with Gasteiger partial charge in [-0.15, -0.1) is 0 Å². The molecule has 1 saturated heterocycles. The summed E-state index contributed by atoms with van der Waals surface area (Å²) < 4.78 is 10.8. The van der Waals surface area contributed by atoms with Gasteiger partial charge >= 0.3 is 0 Å². The molecule has 1 fully saturated rings. The number of amides is 1. The van der Waals surface area contributed by atoms with Crippen molar-refractivity contribution in [2.45, 2.75) is 32.7 Å². The van der Waals surface area contributed by atoms with Gasteiger partial charge in [0.05, 0.1) is 32.2 Å². The number of anilines is 1. The summed E-state index contributed by atoms with van der Waals surface area (Å²) in [6.07, 6.45) is 3.81. The van der Waals surface area contributed by atoms with Gasteiger partial charge in [0.2, 0.25) is 0 Å². The van der Waals surface area contributed by atoms with Crippen molar-refractivity contribution in [1.82, 2.24) is 10.3 Å². The SMILES string of the molecule is COc1ccc(/C(C)=N\NC(=O)CNc2ccccc2OC)cc1CN1CCCCC1. The van der Waals surface area contributed by atoms with Gasteiger partial charge in [0.1, 0.15) is 11.5 Å². The molecule has 0 aromatic heterocycles. The fourth-order valence-electron chi connectivity index (χ4n) is 3.70. The zero-order valence-corrected chi connectivity index (χ0v) is 18.6. The fourth-order valence-corrected chi connectivity index (χ4v) is 3.70. The van der Waals surface area contributed by atoms with Crippen LogP contribution in [0.4, 0.5) is 5.69 Å². The van der Waals surface area contributed by atoms with E-state index >= 15 is 0 Å². The number of carbonyl (C=O) groups excluding carboxylic acids is 1. The smallest absolute Gasteiger partial charge is 0.259 e.